The molecule has 3 nitrogen and oxygen atoms in total. The third kappa shape index (κ3) is 4.58. The van der Waals surface area contributed by atoms with Crippen molar-refractivity contribution in [2.45, 2.75) is 26.3 Å². The minimum atomic E-state index is 0.118. The van der Waals surface area contributed by atoms with Crippen LogP contribution in [0.4, 0.5) is 0 Å². The van der Waals surface area contributed by atoms with Crippen LogP contribution in [0.1, 0.15) is 29.9 Å². The number of carbonyl (C=O) groups is 1. The van der Waals surface area contributed by atoms with E-state index in [2.05, 4.69) is 22.0 Å². The van der Waals surface area contributed by atoms with E-state index in [9.17, 15) is 4.79 Å². The maximum Gasteiger partial charge on any atom is 0.186 e. The van der Waals surface area contributed by atoms with Crippen LogP contribution >= 0.6 is 27.3 Å². The Hall–Kier alpha value is -0.700. The molecule has 1 aromatic heterocycles. The molecule has 0 saturated heterocycles. The van der Waals surface area contributed by atoms with Gasteiger partial charge in [0.15, 0.2) is 5.78 Å². The van der Waals surface area contributed by atoms with Gasteiger partial charge in [-0.3, -0.25) is 9.69 Å². The Morgan fingerprint density at radius 2 is 2.29 bits per heavy atom. The highest BCUT2D eigenvalue weighted by Gasteiger charge is 2.16. The second kappa shape index (κ2) is 6.90. The Kier molecular flexibility index (Phi) is 5.83. The van der Waals surface area contributed by atoms with Gasteiger partial charge in [-0.05, 0) is 41.9 Å². The third-order valence-electron chi connectivity index (χ3n) is 2.44. The lowest BCUT2D eigenvalue weighted by atomic mass is 10.2. The Morgan fingerprint density at radius 1 is 1.59 bits per heavy atom. The standard InChI is InChI=1S/C12H15BrN2OS/c1-9(2)15(7-3-6-14)8-10(16)11-4-5-12(13)17-11/h4-5,9H,3,7-8H2,1-2H3. The molecule has 1 aromatic rings. The van der Waals surface area contributed by atoms with Crippen molar-refractivity contribution in [1.29, 1.82) is 5.26 Å². The summed E-state index contributed by atoms with van der Waals surface area (Å²) in [7, 11) is 0. The zero-order valence-electron chi connectivity index (χ0n) is 9.94. The van der Waals surface area contributed by atoms with Gasteiger partial charge in [0, 0.05) is 19.0 Å². The van der Waals surface area contributed by atoms with Gasteiger partial charge in [0.2, 0.25) is 0 Å². The number of rotatable bonds is 6. The average Bonchev–Trinajstić information content (AvgIpc) is 2.70. The molecule has 0 radical (unpaired) electrons. The summed E-state index contributed by atoms with van der Waals surface area (Å²) in [6, 6.07) is 6.10. The quantitative estimate of drug-likeness (QED) is 0.757. The summed E-state index contributed by atoms with van der Waals surface area (Å²) in [6.45, 7) is 5.10. The van der Waals surface area contributed by atoms with Crippen molar-refractivity contribution < 1.29 is 4.79 Å². The van der Waals surface area contributed by atoms with E-state index < -0.39 is 0 Å². The highest BCUT2D eigenvalue weighted by molar-refractivity contribution is 9.11. The maximum atomic E-state index is 12.0. The van der Waals surface area contributed by atoms with Crippen LogP contribution in [0.15, 0.2) is 15.9 Å². The van der Waals surface area contributed by atoms with Gasteiger partial charge < -0.3 is 0 Å². The molecule has 0 spiro atoms. The Bertz CT molecular complexity index is 422. The molecule has 0 aromatic carbocycles. The molecule has 0 atom stereocenters. The van der Waals surface area contributed by atoms with E-state index in [1.165, 1.54) is 11.3 Å². The number of halogens is 1. The SMILES string of the molecule is CC(C)N(CCC#N)CC(=O)c1ccc(Br)s1. The first kappa shape index (κ1) is 14.4. The average molecular weight is 315 g/mol. The number of hydrogen-bond donors (Lipinski definition) is 0. The Morgan fingerprint density at radius 3 is 2.76 bits per heavy atom. The molecule has 1 rings (SSSR count). The van der Waals surface area contributed by atoms with Gasteiger partial charge in [0.05, 0.1) is 21.3 Å². The summed E-state index contributed by atoms with van der Waals surface area (Å²) in [4.78, 5) is 14.8. The first-order valence-corrected chi connectivity index (χ1v) is 7.05. The third-order valence-corrected chi connectivity index (χ3v) is 4.10. The monoisotopic (exact) mass is 314 g/mol. The van der Waals surface area contributed by atoms with Gasteiger partial charge in [-0.15, -0.1) is 11.3 Å². The fourth-order valence-corrected chi connectivity index (χ4v) is 2.76. The maximum absolute atomic E-state index is 12.0. The summed E-state index contributed by atoms with van der Waals surface area (Å²) in [6.07, 6.45) is 0.458. The second-order valence-electron chi connectivity index (χ2n) is 4.00. The lowest BCUT2D eigenvalue weighted by Gasteiger charge is -2.24. The predicted molar refractivity (Wildman–Crippen MR) is 73.3 cm³/mol. The van der Waals surface area contributed by atoms with E-state index in [0.29, 0.717) is 19.5 Å². The van der Waals surface area contributed by atoms with Gasteiger partial charge in [-0.1, -0.05) is 0 Å². The van der Waals surface area contributed by atoms with Crippen molar-refractivity contribution in [2.75, 3.05) is 13.1 Å². The fraction of sp³-hybridized carbons (Fsp3) is 0.500. The van der Waals surface area contributed by atoms with Crippen molar-refractivity contribution in [1.82, 2.24) is 4.90 Å². The number of thiophene rings is 1. The smallest absolute Gasteiger partial charge is 0.186 e. The molecule has 92 valence electrons. The van der Waals surface area contributed by atoms with Gasteiger partial charge in [-0.2, -0.15) is 5.26 Å². The van der Waals surface area contributed by atoms with Gasteiger partial charge in [0.25, 0.3) is 0 Å². The van der Waals surface area contributed by atoms with E-state index >= 15 is 0 Å². The lowest BCUT2D eigenvalue weighted by molar-refractivity contribution is 0.0912. The molecule has 0 aliphatic carbocycles. The van der Waals surface area contributed by atoms with Crippen LogP contribution < -0.4 is 0 Å². The molecular formula is C12H15BrN2OS. The van der Waals surface area contributed by atoms with Crippen molar-refractivity contribution in [3.63, 3.8) is 0 Å². The number of Topliss-reactive ketones (excluding diaryl/α,β-unsaturated/α-hetero) is 1. The number of carbonyl (C=O) groups excluding carboxylic acids is 1. The molecule has 0 aliphatic rings. The van der Waals surface area contributed by atoms with Crippen molar-refractivity contribution in [3.8, 4) is 6.07 Å². The summed E-state index contributed by atoms with van der Waals surface area (Å²) < 4.78 is 0.967. The predicted octanol–water partition coefficient (Wildman–Crippen LogP) is 3.32. The molecular weight excluding hydrogens is 300 g/mol. The molecule has 1 heterocycles. The number of nitriles is 1. The highest BCUT2D eigenvalue weighted by atomic mass is 79.9. The van der Waals surface area contributed by atoms with Gasteiger partial charge >= 0.3 is 0 Å². The molecule has 0 amide bonds. The van der Waals surface area contributed by atoms with Crippen LogP contribution in [0, 0.1) is 11.3 Å². The molecule has 0 saturated carbocycles. The van der Waals surface area contributed by atoms with Crippen LogP contribution in [0.2, 0.25) is 0 Å². The van der Waals surface area contributed by atoms with Crippen molar-refractivity contribution in [3.05, 3.63) is 20.8 Å². The summed E-state index contributed by atoms with van der Waals surface area (Å²) in [5.41, 5.74) is 0. The van der Waals surface area contributed by atoms with Gasteiger partial charge in [-0.25, -0.2) is 0 Å². The second-order valence-corrected chi connectivity index (χ2v) is 6.46. The summed E-state index contributed by atoms with van der Waals surface area (Å²) in [5, 5.41) is 8.59. The van der Waals surface area contributed by atoms with E-state index in [-0.39, 0.29) is 11.8 Å². The molecule has 17 heavy (non-hydrogen) atoms. The molecule has 0 unspecified atom stereocenters. The minimum Gasteiger partial charge on any atom is -0.292 e. The van der Waals surface area contributed by atoms with Crippen LogP contribution in [0.3, 0.4) is 0 Å². The molecule has 0 N–H and O–H groups in total. The van der Waals surface area contributed by atoms with Gasteiger partial charge in [0.1, 0.15) is 0 Å². The van der Waals surface area contributed by atoms with Crippen LogP contribution in [-0.4, -0.2) is 29.8 Å². The number of nitrogens with zero attached hydrogens (tertiary/aromatic N) is 2. The fourth-order valence-electron chi connectivity index (χ4n) is 1.44. The molecule has 0 fully saturated rings. The first-order chi connectivity index (χ1) is 8.04. The van der Waals surface area contributed by atoms with Crippen molar-refractivity contribution in [2.24, 2.45) is 0 Å². The summed E-state index contributed by atoms with van der Waals surface area (Å²) >= 11 is 4.80. The highest BCUT2D eigenvalue weighted by Crippen LogP contribution is 2.22. The number of hydrogen-bond acceptors (Lipinski definition) is 4. The van der Waals surface area contributed by atoms with Crippen molar-refractivity contribution >= 4 is 33.0 Å². The van der Waals surface area contributed by atoms with E-state index in [4.69, 9.17) is 5.26 Å². The first-order valence-electron chi connectivity index (χ1n) is 5.44. The largest absolute Gasteiger partial charge is 0.292 e. The van der Waals surface area contributed by atoms with E-state index in [0.717, 1.165) is 8.66 Å². The Balaban J connectivity index is 2.61. The zero-order chi connectivity index (χ0) is 12.8. The zero-order valence-corrected chi connectivity index (χ0v) is 12.3. The number of ketones is 1. The Labute approximate surface area is 114 Å². The van der Waals surface area contributed by atoms with Crippen LogP contribution in [0.25, 0.3) is 0 Å². The molecule has 0 bridgehead atoms. The topological polar surface area (TPSA) is 44.1 Å². The molecule has 5 heteroatoms. The normalized spacial score (nSPS) is 10.8. The van der Waals surface area contributed by atoms with Crippen LogP contribution in [-0.2, 0) is 0 Å². The summed E-state index contributed by atoms with van der Waals surface area (Å²) in [5.74, 6) is 0.118. The minimum absolute atomic E-state index is 0.118. The van der Waals surface area contributed by atoms with E-state index in [1.807, 2.05) is 30.9 Å². The molecule has 0 aliphatic heterocycles. The van der Waals surface area contributed by atoms with Crippen LogP contribution in [0.5, 0.6) is 0 Å². The lowest BCUT2D eigenvalue weighted by Crippen LogP contribution is -2.36. The van der Waals surface area contributed by atoms with E-state index in [1.54, 1.807) is 0 Å².